The van der Waals surface area contributed by atoms with Crippen molar-refractivity contribution in [2.75, 3.05) is 27.2 Å². The zero-order valence-corrected chi connectivity index (χ0v) is 12.9. The summed E-state index contributed by atoms with van der Waals surface area (Å²) in [5.41, 5.74) is 1.29. The van der Waals surface area contributed by atoms with Crippen molar-refractivity contribution >= 4 is 5.96 Å². The normalized spacial score (nSPS) is 11.2. The van der Waals surface area contributed by atoms with E-state index in [2.05, 4.69) is 34.7 Å². The second-order valence-corrected chi connectivity index (χ2v) is 4.73. The fourth-order valence-electron chi connectivity index (χ4n) is 1.92. The van der Waals surface area contributed by atoms with E-state index in [4.69, 9.17) is 4.74 Å². The van der Waals surface area contributed by atoms with E-state index in [1.54, 1.807) is 7.11 Å². The Balaban J connectivity index is 2.23. The van der Waals surface area contributed by atoms with Crippen LogP contribution in [0.15, 0.2) is 29.3 Å². The SMILES string of the molecule is CCCCCNC(=NC)NCCc1ccc(OC)cc1. The number of hydrogen-bond donors (Lipinski definition) is 2. The molecule has 4 nitrogen and oxygen atoms in total. The quantitative estimate of drug-likeness (QED) is 0.436. The monoisotopic (exact) mass is 277 g/mol. The van der Waals surface area contributed by atoms with Crippen molar-refractivity contribution < 1.29 is 4.74 Å². The highest BCUT2D eigenvalue weighted by molar-refractivity contribution is 5.79. The van der Waals surface area contributed by atoms with Crippen LogP contribution in [0.25, 0.3) is 0 Å². The van der Waals surface area contributed by atoms with E-state index in [1.165, 1.54) is 24.8 Å². The average Bonchev–Trinajstić information content (AvgIpc) is 2.50. The molecule has 2 N–H and O–H groups in total. The molecule has 112 valence electrons. The molecule has 0 unspecified atom stereocenters. The number of benzene rings is 1. The molecule has 1 aromatic rings. The predicted molar refractivity (Wildman–Crippen MR) is 85.6 cm³/mol. The summed E-state index contributed by atoms with van der Waals surface area (Å²) in [4.78, 5) is 4.22. The first kappa shape index (κ1) is 16.3. The molecule has 4 heteroatoms. The third-order valence-corrected chi connectivity index (χ3v) is 3.16. The Morgan fingerprint density at radius 2 is 1.80 bits per heavy atom. The Morgan fingerprint density at radius 3 is 2.40 bits per heavy atom. The Kier molecular flexibility index (Phi) is 8.27. The van der Waals surface area contributed by atoms with E-state index in [0.29, 0.717) is 0 Å². The molecular weight excluding hydrogens is 250 g/mol. The third kappa shape index (κ3) is 6.45. The Labute approximate surface area is 122 Å². The zero-order valence-electron chi connectivity index (χ0n) is 12.9. The van der Waals surface area contributed by atoms with Gasteiger partial charge < -0.3 is 15.4 Å². The molecule has 0 spiro atoms. The number of nitrogens with zero attached hydrogens (tertiary/aromatic N) is 1. The van der Waals surface area contributed by atoms with E-state index >= 15 is 0 Å². The van der Waals surface area contributed by atoms with Crippen molar-refractivity contribution in [3.63, 3.8) is 0 Å². The maximum absolute atomic E-state index is 5.15. The van der Waals surface area contributed by atoms with Gasteiger partial charge in [-0.2, -0.15) is 0 Å². The van der Waals surface area contributed by atoms with Gasteiger partial charge in [-0.25, -0.2) is 0 Å². The van der Waals surface area contributed by atoms with Gasteiger partial charge in [0.15, 0.2) is 5.96 Å². The summed E-state index contributed by atoms with van der Waals surface area (Å²) in [6.45, 7) is 4.07. The Morgan fingerprint density at radius 1 is 1.10 bits per heavy atom. The summed E-state index contributed by atoms with van der Waals surface area (Å²) in [5, 5.41) is 6.66. The molecule has 0 radical (unpaired) electrons. The second-order valence-electron chi connectivity index (χ2n) is 4.73. The number of unbranched alkanes of at least 4 members (excludes halogenated alkanes) is 2. The molecule has 0 atom stereocenters. The Bertz CT molecular complexity index is 387. The van der Waals surface area contributed by atoms with Gasteiger partial charge in [-0.15, -0.1) is 0 Å². The topological polar surface area (TPSA) is 45.7 Å². The van der Waals surface area contributed by atoms with E-state index in [0.717, 1.165) is 31.2 Å². The lowest BCUT2D eigenvalue weighted by molar-refractivity contribution is 0.414. The van der Waals surface area contributed by atoms with Gasteiger partial charge in [0.25, 0.3) is 0 Å². The minimum absolute atomic E-state index is 0.875. The lowest BCUT2D eigenvalue weighted by Crippen LogP contribution is -2.38. The van der Waals surface area contributed by atoms with E-state index in [-0.39, 0.29) is 0 Å². The average molecular weight is 277 g/mol. The summed E-state index contributed by atoms with van der Waals surface area (Å²) < 4.78 is 5.15. The fraction of sp³-hybridized carbons (Fsp3) is 0.562. The van der Waals surface area contributed by atoms with Crippen molar-refractivity contribution in [2.24, 2.45) is 4.99 Å². The molecule has 0 amide bonds. The summed E-state index contributed by atoms with van der Waals surface area (Å²) in [6, 6.07) is 8.18. The highest BCUT2D eigenvalue weighted by atomic mass is 16.5. The molecule has 0 heterocycles. The van der Waals surface area contributed by atoms with Crippen molar-refractivity contribution in [1.82, 2.24) is 10.6 Å². The predicted octanol–water partition coefficient (Wildman–Crippen LogP) is 2.59. The third-order valence-electron chi connectivity index (χ3n) is 3.16. The van der Waals surface area contributed by atoms with Gasteiger partial charge in [0.2, 0.25) is 0 Å². The fourth-order valence-corrected chi connectivity index (χ4v) is 1.92. The van der Waals surface area contributed by atoms with Gasteiger partial charge in [0.1, 0.15) is 5.75 Å². The van der Waals surface area contributed by atoms with E-state index in [9.17, 15) is 0 Å². The van der Waals surface area contributed by atoms with Crippen molar-refractivity contribution in [3.05, 3.63) is 29.8 Å². The first-order chi connectivity index (χ1) is 9.80. The van der Waals surface area contributed by atoms with Crippen LogP contribution in [-0.4, -0.2) is 33.2 Å². The molecule has 0 fully saturated rings. The summed E-state index contributed by atoms with van der Waals surface area (Å²) in [7, 11) is 3.49. The highest BCUT2D eigenvalue weighted by Gasteiger charge is 1.98. The number of hydrogen-bond acceptors (Lipinski definition) is 2. The maximum atomic E-state index is 5.15. The number of rotatable bonds is 8. The van der Waals surface area contributed by atoms with Crippen LogP contribution in [-0.2, 0) is 6.42 Å². The summed E-state index contributed by atoms with van der Waals surface area (Å²) >= 11 is 0. The number of guanidine groups is 1. The van der Waals surface area contributed by atoms with Crippen LogP contribution in [0.4, 0.5) is 0 Å². The molecule has 1 aromatic carbocycles. The summed E-state index contributed by atoms with van der Waals surface area (Å²) in [5.74, 6) is 1.78. The molecule has 1 rings (SSSR count). The van der Waals surface area contributed by atoms with Crippen LogP contribution in [0, 0.1) is 0 Å². The lowest BCUT2D eigenvalue weighted by atomic mass is 10.1. The van der Waals surface area contributed by atoms with Crippen LogP contribution in [0.5, 0.6) is 5.75 Å². The molecule has 0 aliphatic carbocycles. The Hall–Kier alpha value is -1.71. The highest BCUT2D eigenvalue weighted by Crippen LogP contribution is 2.11. The smallest absolute Gasteiger partial charge is 0.190 e. The van der Waals surface area contributed by atoms with Gasteiger partial charge in [0.05, 0.1) is 7.11 Å². The van der Waals surface area contributed by atoms with Crippen LogP contribution in [0.1, 0.15) is 31.7 Å². The standard InChI is InChI=1S/C16H27N3O/c1-4-5-6-12-18-16(17-2)19-13-11-14-7-9-15(20-3)10-8-14/h7-10H,4-6,11-13H2,1-3H3,(H2,17,18,19). The maximum Gasteiger partial charge on any atom is 0.190 e. The first-order valence-electron chi connectivity index (χ1n) is 7.37. The molecule has 0 saturated carbocycles. The van der Waals surface area contributed by atoms with E-state index in [1.807, 2.05) is 19.2 Å². The van der Waals surface area contributed by atoms with Gasteiger partial charge in [-0.05, 0) is 30.5 Å². The van der Waals surface area contributed by atoms with Crippen LogP contribution < -0.4 is 15.4 Å². The minimum atomic E-state index is 0.875. The van der Waals surface area contributed by atoms with Gasteiger partial charge in [0, 0.05) is 20.1 Å². The molecule has 0 aliphatic rings. The van der Waals surface area contributed by atoms with Gasteiger partial charge in [-0.3, -0.25) is 4.99 Å². The largest absolute Gasteiger partial charge is 0.497 e. The number of ether oxygens (including phenoxy) is 1. The zero-order chi connectivity index (χ0) is 14.6. The second kappa shape index (κ2) is 10.1. The summed E-state index contributed by atoms with van der Waals surface area (Å²) in [6.07, 6.45) is 4.66. The van der Waals surface area contributed by atoms with Crippen molar-refractivity contribution in [2.45, 2.75) is 32.6 Å². The van der Waals surface area contributed by atoms with E-state index < -0.39 is 0 Å². The molecule has 0 bridgehead atoms. The minimum Gasteiger partial charge on any atom is -0.497 e. The first-order valence-corrected chi connectivity index (χ1v) is 7.37. The number of aliphatic imine (C=N–C) groups is 1. The van der Waals surface area contributed by atoms with Crippen LogP contribution >= 0.6 is 0 Å². The molecule has 0 aliphatic heterocycles. The number of methoxy groups -OCH3 is 1. The van der Waals surface area contributed by atoms with Crippen LogP contribution in [0.2, 0.25) is 0 Å². The lowest BCUT2D eigenvalue weighted by Gasteiger charge is -2.11. The molecule has 0 aromatic heterocycles. The van der Waals surface area contributed by atoms with Gasteiger partial charge >= 0.3 is 0 Å². The van der Waals surface area contributed by atoms with Crippen LogP contribution in [0.3, 0.4) is 0 Å². The molecule has 0 saturated heterocycles. The van der Waals surface area contributed by atoms with Crippen molar-refractivity contribution in [3.8, 4) is 5.75 Å². The van der Waals surface area contributed by atoms with Gasteiger partial charge in [-0.1, -0.05) is 31.9 Å². The molecular formula is C16H27N3O. The van der Waals surface area contributed by atoms with Crippen molar-refractivity contribution in [1.29, 1.82) is 0 Å². The number of nitrogens with one attached hydrogen (secondary N) is 2. The molecule has 20 heavy (non-hydrogen) atoms.